The van der Waals surface area contributed by atoms with Crippen LogP contribution in [0.25, 0.3) is 0 Å². The first-order valence-corrected chi connectivity index (χ1v) is 6.65. The molecule has 0 spiro atoms. The predicted molar refractivity (Wildman–Crippen MR) is 74.6 cm³/mol. The molecule has 0 saturated carbocycles. The van der Waals surface area contributed by atoms with Crippen molar-refractivity contribution in [2.45, 2.75) is 52.2 Å². The average molecular weight is 266 g/mol. The summed E-state index contributed by atoms with van der Waals surface area (Å²) in [7, 11) is 0. The van der Waals surface area contributed by atoms with Crippen molar-refractivity contribution in [1.82, 2.24) is 4.98 Å². The van der Waals surface area contributed by atoms with E-state index in [9.17, 15) is 9.90 Å². The van der Waals surface area contributed by atoms with E-state index in [4.69, 9.17) is 4.74 Å². The molecule has 1 aromatic rings. The Kier molecular flexibility index (Phi) is 6.12. The Balaban J connectivity index is 2.80. The number of anilines is 1. The molecule has 0 saturated heterocycles. The van der Waals surface area contributed by atoms with Crippen molar-refractivity contribution >= 4 is 11.7 Å². The summed E-state index contributed by atoms with van der Waals surface area (Å²) in [5.41, 5.74) is 0.625. The molecule has 0 fully saturated rings. The lowest BCUT2D eigenvalue weighted by Gasteiger charge is -2.18. The Labute approximate surface area is 114 Å². The number of nitrogens with zero attached hydrogens (tertiary/aromatic N) is 1. The standard InChI is InChI=1S/C14H22N2O3/c1-4-5-7-12(14(17)18)16-11-8-6-9-15-13(11)19-10(2)3/h6,8-10,12,16H,4-5,7H2,1-3H3,(H,17,18). The van der Waals surface area contributed by atoms with E-state index in [0.717, 1.165) is 12.8 Å². The minimum atomic E-state index is -0.854. The Morgan fingerprint density at radius 1 is 1.53 bits per heavy atom. The summed E-state index contributed by atoms with van der Waals surface area (Å²) in [5.74, 6) is -0.409. The molecule has 0 bridgehead atoms. The fourth-order valence-electron chi connectivity index (χ4n) is 1.67. The molecule has 0 amide bonds. The van der Waals surface area contributed by atoms with Gasteiger partial charge in [0.1, 0.15) is 6.04 Å². The number of unbranched alkanes of at least 4 members (excludes halogenated alkanes) is 1. The number of aromatic nitrogens is 1. The van der Waals surface area contributed by atoms with Gasteiger partial charge in [-0.1, -0.05) is 19.8 Å². The molecule has 1 atom stereocenters. The largest absolute Gasteiger partial charge is 0.480 e. The Bertz CT molecular complexity index is 407. The molecule has 1 heterocycles. The van der Waals surface area contributed by atoms with Gasteiger partial charge in [0.15, 0.2) is 0 Å². The lowest BCUT2D eigenvalue weighted by Crippen LogP contribution is -2.29. The number of aliphatic carboxylic acids is 1. The van der Waals surface area contributed by atoms with Crippen LogP contribution in [0, 0.1) is 0 Å². The highest BCUT2D eigenvalue weighted by molar-refractivity contribution is 5.77. The quantitative estimate of drug-likeness (QED) is 0.757. The first-order chi connectivity index (χ1) is 9.04. The van der Waals surface area contributed by atoms with Crippen LogP contribution < -0.4 is 10.1 Å². The van der Waals surface area contributed by atoms with E-state index in [1.165, 1.54) is 0 Å². The Morgan fingerprint density at radius 2 is 2.26 bits per heavy atom. The van der Waals surface area contributed by atoms with Gasteiger partial charge in [0.05, 0.1) is 11.8 Å². The maximum Gasteiger partial charge on any atom is 0.326 e. The van der Waals surface area contributed by atoms with Crippen molar-refractivity contribution in [3.63, 3.8) is 0 Å². The summed E-state index contributed by atoms with van der Waals surface area (Å²) in [4.78, 5) is 15.4. The molecule has 1 unspecified atom stereocenters. The lowest BCUT2D eigenvalue weighted by molar-refractivity contribution is -0.138. The summed E-state index contributed by atoms with van der Waals surface area (Å²) in [6.07, 6.45) is 4.04. The fourth-order valence-corrected chi connectivity index (χ4v) is 1.67. The van der Waals surface area contributed by atoms with E-state index < -0.39 is 12.0 Å². The molecule has 1 aromatic heterocycles. The zero-order chi connectivity index (χ0) is 14.3. The molecule has 0 aliphatic heterocycles. The van der Waals surface area contributed by atoms with E-state index in [2.05, 4.69) is 10.3 Å². The van der Waals surface area contributed by atoms with E-state index >= 15 is 0 Å². The second-order valence-electron chi connectivity index (χ2n) is 4.70. The molecule has 0 aromatic carbocycles. The molecule has 2 N–H and O–H groups in total. The predicted octanol–water partition coefficient (Wildman–Crippen LogP) is 2.92. The number of pyridine rings is 1. The molecule has 106 valence electrons. The number of hydrogen-bond acceptors (Lipinski definition) is 4. The second kappa shape index (κ2) is 7.61. The lowest BCUT2D eigenvalue weighted by atomic mass is 10.1. The van der Waals surface area contributed by atoms with Gasteiger partial charge in [-0.15, -0.1) is 0 Å². The number of rotatable bonds is 8. The summed E-state index contributed by atoms with van der Waals surface area (Å²) >= 11 is 0. The van der Waals surface area contributed by atoms with Gasteiger partial charge in [-0.05, 0) is 32.4 Å². The van der Waals surface area contributed by atoms with Gasteiger partial charge >= 0.3 is 5.97 Å². The fraction of sp³-hybridized carbons (Fsp3) is 0.571. The number of nitrogens with one attached hydrogen (secondary N) is 1. The molecule has 0 aliphatic carbocycles. The van der Waals surface area contributed by atoms with Gasteiger partial charge in [-0.2, -0.15) is 0 Å². The van der Waals surface area contributed by atoms with Crippen LogP contribution in [0.15, 0.2) is 18.3 Å². The van der Waals surface area contributed by atoms with Crippen LogP contribution in [0.1, 0.15) is 40.0 Å². The van der Waals surface area contributed by atoms with Gasteiger partial charge < -0.3 is 15.2 Å². The summed E-state index contributed by atoms with van der Waals surface area (Å²) in [6.45, 7) is 5.85. The number of carboxylic acid groups (broad SMARTS) is 1. The number of carboxylic acids is 1. The first kappa shape index (κ1) is 15.3. The van der Waals surface area contributed by atoms with Crippen LogP contribution in [-0.4, -0.2) is 28.2 Å². The van der Waals surface area contributed by atoms with E-state index in [-0.39, 0.29) is 6.10 Å². The van der Waals surface area contributed by atoms with Gasteiger partial charge in [-0.3, -0.25) is 0 Å². The third kappa shape index (κ3) is 5.16. The van der Waals surface area contributed by atoms with E-state index in [0.29, 0.717) is 18.0 Å². The highest BCUT2D eigenvalue weighted by Crippen LogP contribution is 2.23. The topological polar surface area (TPSA) is 71.5 Å². The maximum atomic E-state index is 11.2. The van der Waals surface area contributed by atoms with Crippen LogP contribution >= 0.6 is 0 Å². The minimum absolute atomic E-state index is 0.00521. The van der Waals surface area contributed by atoms with Crippen LogP contribution in [0.2, 0.25) is 0 Å². The van der Waals surface area contributed by atoms with Gasteiger partial charge in [0.25, 0.3) is 0 Å². The number of carbonyl (C=O) groups is 1. The van der Waals surface area contributed by atoms with Crippen LogP contribution in [-0.2, 0) is 4.79 Å². The zero-order valence-electron chi connectivity index (χ0n) is 11.7. The molecule has 1 rings (SSSR count). The first-order valence-electron chi connectivity index (χ1n) is 6.65. The summed E-state index contributed by atoms with van der Waals surface area (Å²) in [5, 5.41) is 12.2. The van der Waals surface area contributed by atoms with E-state index in [1.807, 2.05) is 20.8 Å². The third-order valence-electron chi connectivity index (χ3n) is 2.59. The monoisotopic (exact) mass is 266 g/mol. The average Bonchev–Trinajstić information content (AvgIpc) is 2.35. The second-order valence-corrected chi connectivity index (χ2v) is 4.70. The van der Waals surface area contributed by atoms with Crippen molar-refractivity contribution in [3.05, 3.63) is 18.3 Å². The van der Waals surface area contributed by atoms with Crippen molar-refractivity contribution < 1.29 is 14.6 Å². The Morgan fingerprint density at radius 3 is 2.84 bits per heavy atom. The van der Waals surface area contributed by atoms with Crippen LogP contribution in [0.3, 0.4) is 0 Å². The minimum Gasteiger partial charge on any atom is -0.480 e. The third-order valence-corrected chi connectivity index (χ3v) is 2.59. The molecule has 5 nitrogen and oxygen atoms in total. The van der Waals surface area contributed by atoms with Crippen molar-refractivity contribution in [2.24, 2.45) is 0 Å². The molecular formula is C14H22N2O3. The van der Waals surface area contributed by atoms with Crippen LogP contribution in [0.5, 0.6) is 5.88 Å². The van der Waals surface area contributed by atoms with Crippen molar-refractivity contribution in [1.29, 1.82) is 0 Å². The maximum absolute atomic E-state index is 11.2. The highest BCUT2D eigenvalue weighted by atomic mass is 16.5. The molecule has 0 aliphatic rings. The summed E-state index contributed by atoms with van der Waals surface area (Å²) in [6, 6.07) is 2.93. The molecule has 19 heavy (non-hydrogen) atoms. The number of ether oxygens (including phenoxy) is 1. The van der Waals surface area contributed by atoms with Gasteiger partial charge in [0, 0.05) is 6.20 Å². The summed E-state index contributed by atoms with van der Waals surface area (Å²) < 4.78 is 5.56. The molecular weight excluding hydrogens is 244 g/mol. The number of hydrogen-bond donors (Lipinski definition) is 2. The van der Waals surface area contributed by atoms with E-state index in [1.54, 1.807) is 18.3 Å². The smallest absolute Gasteiger partial charge is 0.326 e. The zero-order valence-corrected chi connectivity index (χ0v) is 11.7. The van der Waals surface area contributed by atoms with Gasteiger partial charge in [0.2, 0.25) is 5.88 Å². The normalized spacial score (nSPS) is 12.2. The van der Waals surface area contributed by atoms with Crippen molar-refractivity contribution in [3.8, 4) is 5.88 Å². The van der Waals surface area contributed by atoms with Crippen LogP contribution in [0.4, 0.5) is 5.69 Å². The SMILES string of the molecule is CCCCC(Nc1cccnc1OC(C)C)C(=O)O. The van der Waals surface area contributed by atoms with Gasteiger partial charge in [-0.25, -0.2) is 9.78 Å². The van der Waals surface area contributed by atoms with Crippen molar-refractivity contribution in [2.75, 3.05) is 5.32 Å². The Hall–Kier alpha value is -1.78. The highest BCUT2D eigenvalue weighted by Gasteiger charge is 2.18. The molecule has 0 radical (unpaired) electrons. The molecule has 5 heteroatoms.